The molecule has 8 heteroatoms. The maximum absolute atomic E-state index is 12.9. The number of carbonyl (C=O) groups is 2. The maximum atomic E-state index is 12.9. The van der Waals surface area contributed by atoms with Crippen LogP contribution in [0.2, 0.25) is 0 Å². The van der Waals surface area contributed by atoms with Crippen molar-refractivity contribution in [2.45, 2.75) is 24.7 Å². The van der Waals surface area contributed by atoms with Crippen LogP contribution < -0.4 is 4.74 Å². The number of nitrogens with zero attached hydrogens (tertiary/aromatic N) is 1. The van der Waals surface area contributed by atoms with Gasteiger partial charge >= 0.3 is 5.97 Å². The average Bonchev–Trinajstić information content (AvgIpc) is 2.79. The summed E-state index contributed by atoms with van der Waals surface area (Å²) in [6.07, 6.45) is 0.927. The third-order valence-corrected chi connectivity index (χ3v) is 7.12. The molecule has 0 unspecified atom stereocenters. The van der Waals surface area contributed by atoms with Gasteiger partial charge < -0.3 is 9.47 Å². The Labute approximate surface area is 176 Å². The lowest BCUT2D eigenvalue weighted by Crippen LogP contribution is -2.40. The number of benzene rings is 2. The molecule has 1 aliphatic rings. The first-order chi connectivity index (χ1) is 14.4. The lowest BCUT2D eigenvalue weighted by Gasteiger charge is -2.30. The second kappa shape index (κ2) is 9.40. The first-order valence-electron chi connectivity index (χ1n) is 9.82. The van der Waals surface area contributed by atoms with Gasteiger partial charge in [-0.1, -0.05) is 0 Å². The van der Waals surface area contributed by atoms with E-state index in [2.05, 4.69) is 0 Å². The molecule has 160 valence electrons. The lowest BCUT2D eigenvalue weighted by atomic mass is 9.89. The fraction of sp³-hybridized carbons (Fsp3) is 0.364. The molecule has 0 aliphatic carbocycles. The SMILES string of the molecule is CCOC(=O)c1ccc(S(=O)(=O)N2CCC(C(=O)c3ccc(OC)cc3)CC2)cc1. The van der Waals surface area contributed by atoms with E-state index < -0.39 is 16.0 Å². The first kappa shape index (κ1) is 22.0. The number of piperidine rings is 1. The molecule has 2 aromatic rings. The Morgan fingerprint density at radius 3 is 2.07 bits per heavy atom. The molecule has 2 aromatic carbocycles. The summed E-state index contributed by atoms with van der Waals surface area (Å²) in [6, 6.07) is 12.7. The maximum Gasteiger partial charge on any atom is 0.338 e. The van der Waals surface area contributed by atoms with Crippen LogP contribution in [0.25, 0.3) is 0 Å². The van der Waals surface area contributed by atoms with Crippen LogP contribution in [0, 0.1) is 5.92 Å². The molecule has 1 aliphatic heterocycles. The second-order valence-corrected chi connectivity index (χ2v) is 8.95. The Bertz CT molecular complexity index is 991. The zero-order valence-electron chi connectivity index (χ0n) is 17.0. The number of rotatable bonds is 7. The normalized spacial score (nSPS) is 15.5. The molecule has 0 spiro atoms. The zero-order chi connectivity index (χ0) is 21.7. The van der Waals surface area contributed by atoms with Crippen LogP contribution in [-0.2, 0) is 14.8 Å². The van der Waals surface area contributed by atoms with Crippen molar-refractivity contribution >= 4 is 21.8 Å². The quantitative estimate of drug-likeness (QED) is 0.494. The number of Topliss-reactive ketones (excluding diaryl/α,β-unsaturated/α-hetero) is 1. The molecule has 0 amide bonds. The summed E-state index contributed by atoms with van der Waals surface area (Å²) in [5.74, 6) is 0.00488. The Hall–Kier alpha value is -2.71. The third-order valence-electron chi connectivity index (χ3n) is 5.20. The molecular weight excluding hydrogens is 406 g/mol. The molecule has 0 bridgehead atoms. The molecule has 3 rings (SSSR count). The van der Waals surface area contributed by atoms with Crippen LogP contribution >= 0.6 is 0 Å². The molecule has 1 fully saturated rings. The van der Waals surface area contributed by atoms with Gasteiger partial charge in [-0.15, -0.1) is 0 Å². The van der Waals surface area contributed by atoms with Crippen LogP contribution in [0.4, 0.5) is 0 Å². The molecule has 0 atom stereocenters. The van der Waals surface area contributed by atoms with E-state index in [-0.39, 0.29) is 36.3 Å². The van der Waals surface area contributed by atoms with Crippen LogP contribution in [0.15, 0.2) is 53.4 Å². The van der Waals surface area contributed by atoms with Gasteiger partial charge in [0, 0.05) is 24.6 Å². The van der Waals surface area contributed by atoms with E-state index in [9.17, 15) is 18.0 Å². The van der Waals surface area contributed by atoms with Crippen LogP contribution in [0.1, 0.15) is 40.5 Å². The minimum atomic E-state index is -3.69. The number of ketones is 1. The van der Waals surface area contributed by atoms with E-state index in [1.807, 2.05) is 0 Å². The van der Waals surface area contributed by atoms with Crippen LogP contribution in [0.5, 0.6) is 5.75 Å². The minimum absolute atomic E-state index is 0.0218. The van der Waals surface area contributed by atoms with Crippen molar-refractivity contribution in [2.24, 2.45) is 5.92 Å². The predicted molar refractivity (Wildman–Crippen MR) is 111 cm³/mol. The van der Waals surface area contributed by atoms with Crippen molar-refractivity contribution in [3.63, 3.8) is 0 Å². The highest BCUT2D eigenvalue weighted by Crippen LogP contribution is 2.27. The van der Waals surface area contributed by atoms with E-state index in [0.29, 0.717) is 29.7 Å². The predicted octanol–water partition coefficient (Wildman–Crippen LogP) is 3.16. The molecule has 30 heavy (non-hydrogen) atoms. The van der Waals surface area contributed by atoms with Gasteiger partial charge in [-0.2, -0.15) is 4.31 Å². The van der Waals surface area contributed by atoms with E-state index in [1.54, 1.807) is 38.3 Å². The van der Waals surface area contributed by atoms with Gasteiger partial charge in [0.25, 0.3) is 0 Å². The standard InChI is InChI=1S/C22H25NO6S/c1-3-29-22(25)18-6-10-20(11-7-18)30(26,27)23-14-12-17(13-15-23)21(24)16-4-8-19(28-2)9-5-16/h4-11,17H,3,12-15H2,1-2H3. The highest BCUT2D eigenvalue weighted by Gasteiger charge is 2.32. The minimum Gasteiger partial charge on any atom is -0.497 e. The lowest BCUT2D eigenvalue weighted by molar-refractivity contribution is 0.0526. The van der Waals surface area contributed by atoms with Gasteiger partial charge in [0.15, 0.2) is 5.78 Å². The van der Waals surface area contributed by atoms with Crippen molar-refractivity contribution < 1.29 is 27.5 Å². The van der Waals surface area contributed by atoms with Crippen molar-refractivity contribution in [3.8, 4) is 5.75 Å². The zero-order valence-corrected chi connectivity index (χ0v) is 17.9. The molecule has 7 nitrogen and oxygen atoms in total. The van der Waals surface area contributed by atoms with Gasteiger partial charge in [-0.3, -0.25) is 4.79 Å². The fourth-order valence-corrected chi connectivity index (χ4v) is 4.95. The topological polar surface area (TPSA) is 90.0 Å². The van der Waals surface area contributed by atoms with Crippen LogP contribution in [0.3, 0.4) is 0 Å². The van der Waals surface area contributed by atoms with Gasteiger partial charge in [0.1, 0.15) is 5.75 Å². The first-order valence-corrected chi connectivity index (χ1v) is 11.3. The summed E-state index contributed by atoms with van der Waals surface area (Å²) in [7, 11) is -2.12. The molecule has 0 N–H and O–H groups in total. The third kappa shape index (κ3) is 4.71. The summed E-state index contributed by atoms with van der Waals surface area (Å²) < 4.78 is 37.3. The van der Waals surface area contributed by atoms with Crippen LogP contribution in [-0.4, -0.2) is 51.3 Å². The number of esters is 1. The Kier molecular flexibility index (Phi) is 6.89. The van der Waals surface area contributed by atoms with Crippen molar-refractivity contribution in [2.75, 3.05) is 26.8 Å². The molecule has 1 heterocycles. The Balaban J connectivity index is 1.64. The van der Waals surface area contributed by atoms with E-state index in [4.69, 9.17) is 9.47 Å². The largest absolute Gasteiger partial charge is 0.497 e. The van der Waals surface area contributed by atoms with Crippen molar-refractivity contribution in [1.82, 2.24) is 4.31 Å². The molecule has 0 saturated carbocycles. The molecular formula is C22H25NO6S. The number of hydrogen-bond donors (Lipinski definition) is 0. The number of methoxy groups -OCH3 is 1. The monoisotopic (exact) mass is 431 g/mol. The summed E-state index contributed by atoms with van der Waals surface area (Å²) in [4.78, 5) is 24.6. The Morgan fingerprint density at radius 2 is 1.53 bits per heavy atom. The fourth-order valence-electron chi connectivity index (χ4n) is 3.48. The summed E-state index contributed by atoms with van der Waals surface area (Å²) >= 11 is 0. The summed E-state index contributed by atoms with van der Waals surface area (Å²) in [6.45, 7) is 2.51. The average molecular weight is 432 g/mol. The van der Waals surface area contributed by atoms with Crippen molar-refractivity contribution in [3.05, 3.63) is 59.7 Å². The molecule has 0 radical (unpaired) electrons. The van der Waals surface area contributed by atoms with Gasteiger partial charge in [-0.05, 0) is 68.3 Å². The van der Waals surface area contributed by atoms with Gasteiger partial charge in [0.2, 0.25) is 10.0 Å². The summed E-state index contributed by atoms with van der Waals surface area (Å²) in [5.41, 5.74) is 0.909. The van der Waals surface area contributed by atoms with Crippen molar-refractivity contribution in [1.29, 1.82) is 0 Å². The number of carbonyl (C=O) groups excluding carboxylic acids is 2. The van der Waals surface area contributed by atoms with E-state index >= 15 is 0 Å². The van der Waals surface area contributed by atoms with E-state index in [1.165, 1.54) is 28.6 Å². The second-order valence-electron chi connectivity index (χ2n) is 7.02. The smallest absolute Gasteiger partial charge is 0.338 e. The highest BCUT2D eigenvalue weighted by molar-refractivity contribution is 7.89. The number of sulfonamides is 1. The Morgan fingerprint density at radius 1 is 0.967 bits per heavy atom. The number of ether oxygens (including phenoxy) is 2. The molecule has 0 aromatic heterocycles. The van der Waals surface area contributed by atoms with Gasteiger partial charge in [-0.25, -0.2) is 13.2 Å². The highest BCUT2D eigenvalue weighted by atomic mass is 32.2. The van der Waals surface area contributed by atoms with Gasteiger partial charge in [0.05, 0.1) is 24.2 Å². The molecule has 1 saturated heterocycles. The number of hydrogen-bond acceptors (Lipinski definition) is 6. The van der Waals surface area contributed by atoms with E-state index in [0.717, 1.165) is 0 Å². The summed E-state index contributed by atoms with van der Waals surface area (Å²) in [5, 5.41) is 0.